The van der Waals surface area contributed by atoms with Crippen molar-refractivity contribution in [2.24, 2.45) is 5.92 Å². The third-order valence-electron chi connectivity index (χ3n) is 3.66. The Morgan fingerprint density at radius 3 is 2.60 bits per heavy atom. The lowest BCUT2D eigenvalue weighted by atomic mass is 10.00. The molecule has 0 radical (unpaired) electrons. The smallest absolute Gasteiger partial charge is 0.243 e. The van der Waals surface area contributed by atoms with Gasteiger partial charge in [-0.15, -0.1) is 0 Å². The molecule has 1 atom stereocenters. The number of hydrogen-bond donors (Lipinski definition) is 1. The van der Waals surface area contributed by atoms with Gasteiger partial charge in [-0.25, -0.2) is 8.42 Å². The quantitative estimate of drug-likeness (QED) is 0.877. The third kappa shape index (κ3) is 3.81. The van der Waals surface area contributed by atoms with Crippen molar-refractivity contribution in [3.05, 3.63) is 28.7 Å². The molecule has 0 amide bonds. The molecule has 1 aromatic carbocycles. The fourth-order valence-electron chi connectivity index (χ4n) is 2.52. The number of benzene rings is 1. The molecule has 0 aromatic heterocycles. The van der Waals surface area contributed by atoms with Gasteiger partial charge in [-0.05, 0) is 56.1 Å². The first-order valence-electron chi connectivity index (χ1n) is 7.00. The normalized spacial score (nSPS) is 20.2. The van der Waals surface area contributed by atoms with Crippen molar-refractivity contribution in [3.8, 4) is 0 Å². The molecule has 0 bridgehead atoms. The summed E-state index contributed by atoms with van der Waals surface area (Å²) in [5, 5.41) is 3.34. The largest absolute Gasteiger partial charge is 0.316 e. The Kier molecular flexibility index (Phi) is 5.60. The molecule has 1 heterocycles. The monoisotopic (exact) mass is 360 g/mol. The highest BCUT2D eigenvalue weighted by atomic mass is 79.9. The molecular weight excluding hydrogens is 340 g/mol. The van der Waals surface area contributed by atoms with Crippen LogP contribution in [0.4, 0.5) is 0 Å². The summed E-state index contributed by atoms with van der Waals surface area (Å²) in [5.41, 5.74) is 0. The van der Waals surface area contributed by atoms with Crippen LogP contribution in [0.3, 0.4) is 0 Å². The van der Waals surface area contributed by atoms with E-state index < -0.39 is 10.0 Å². The van der Waals surface area contributed by atoms with E-state index in [0.717, 1.165) is 30.4 Å². The summed E-state index contributed by atoms with van der Waals surface area (Å²) < 4.78 is 27.8. The fraction of sp³-hybridized carbons (Fsp3) is 0.571. The van der Waals surface area contributed by atoms with Crippen molar-refractivity contribution in [3.63, 3.8) is 0 Å². The van der Waals surface area contributed by atoms with Gasteiger partial charge in [0.15, 0.2) is 0 Å². The summed E-state index contributed by atoms with van der Waals surface area (Å²) in [6, 6.07) is 6.84. The highest BCUT2D eigenvalue weighted by molar-refractivity contribution is 9.10. The Hall–Kier alpha value is -0.430. The maximum absolute atomic E-state index is 12.6. The first kappa shape index (κ1) is 15.9. The maximum Gasteiger partial charge on any atom is 0.243 e. The zero-order chi connectivity index (χ0) is 14.6. The van der Waals surface area contributed by atoms with Crippen molar-refractivity contribution in [1.29, 1.82) is 0 Å². The lowest BCUT2D eigenvalue weighted by Gasteiger charge is -2.28. The topological polar surface area (TPSA) is 49.4 Å². The van der Waals surface area contributed by atoms with E-state index in [1.54, 1.807) is 28.6 Å². The zero-order valence-corrected chi connectivity index (χ0v) is 14.1. The van der Waals surface area contributed by atoms with Gasteiger partial charge in [-0.2, -0.15) is 4.31 Å². The standard InChI is InChI=1S/C14H21BrN2O2S/c1-2-17(11-12-4-3-9-16-10-12)20(18,19)14-7-5-13(15)6-8-14/h5-8,12,16H,2-4,9-11H2,1H3. The summed E-state index contributed by atoms with van der Waals surface area (Å²) >= 11 is 3.33. The summed E-state index contributed by atoms with van der Waals surface area (Å²) in [7, 11) is -3.38. The van der Waals surface area contributed by atoms with E-state index in [2.05, 4.69) is 21.2 Å². The number of rotatable bonds is 5. The van der Waals surface area contributed by atoms with E-state index in [-0.39, 0.29) is 0 Å². The second kappa shape index (κ2) is 7.02. The number of nitrogens with zero attached hydrogens (tertiary/aromatic N) is 1. The van der Waals surface area contributed by atoms with Gasteiger partial charge >= 0.3 is 0 Å². The average molecular weight is 361 g/mol. The molecule has 20 heavy (non-hydrogen) atoms. The highest BCUT2D eigenvalue weighted by Crippen LogP contribution is 2.21. The Labute approximate surface area is 129 Å². The average Bonchev–Trinajstić information content (AvgIpc) is 2.46. The van der Waals surface area contributed by atoms with Crippen LogP contribution in [0.1, 0.15) is 19.8 Å². The van der Waals surface area contributed by atoms with Gasteiger partial charge in [0.25, 0.3) is 0 Å². The van der Waals surface area contributed by atoms with E-state index >= 15 is 0 Å². The minimum Gasteiger partial charge on any atom is -0.316 e. The number of sulfonamides is 1. The fourth-order valence-corrected chi connectivity index (χ4v) is 4.31. The van der Waals surface area contributed by atoms with Gasteiger partial charge in [-0.3, -0.25) is 0 Å². The highest BCUT2D eigenvalue weighted by Gasteiger charge is 2.26. The van der Waals surface area contributed by atoms with Crippen molar-refractivity contribution in [2.45, 2.75) is 24.7 Å². The van der Waals surface area contributed by atoms with Gasteiger partial charge < -0.3 is 5.32 Å². The van der Waals surface area contributed by atoms with Crippen molar-refractivity contribution >= 4 is 26.0 Å². The first-order valence-corrected chi connectivity index (χ1v) is 9.23. The molecule has 0 spiro atoms. The van der Waals surface area contributed by atoms with Crippen molar-refractivity contribution in [2.75, 3.05) is 26.2 Å². The van der Waals surface area contributed by atoms with Gasteiger partial charge in [0, 0.05) is 17.6 Å². The van der Waals surface area contributed by atoms with Crippen LogP contribution in [0.25, 0.3) is 0 Å². The summed E-state index contributed by atoms with van der Waals surface area (Å²) in [6.07, 6.45) is 2.22. The van der Waals surface area contributed by atoms with Crippen LogP contribution >= 0.6 is 15.9 Å². The molecule has 4 nitrogen and oxygen atoms in total. The SMILES string of the molecule is CCN(CC1CCCNC1)S(=O)(=O)c1ccc(Br)cc1. The van der Waals surface area contributed by atoms with E-state index in [0.29, 0.717) is 23.9 Å². The Morgan fingerprint density at radius 2 is 2.05 bits per heavy atom. The molecule has 1 N–H and O–H groups in total. The van der Waals surface area contributed by atoms with Crippen LogP contribution in [0.5, 0.6) is 0 Å². The van der Waals surface area contributed by atoms with Crippen LogP contribution in [-0.2, 0) is 10.0 Å². The molecule has 1 saturated heterocycles. The van der Waals surface area contributed by atoms with Crippen LogP contribution < -0.4 is 5.32 Å². The van der Waals surface area contributed by atoms with Crippen molar-refractivity contribution in [1.82, 2.24) is 9.62 Å². The van der Waals surface area contributed by atoms with E-state index in [1.165, 1.54) is 0 Å². The molecule has 1 aromatic rings. The Bertz CT molecular complexity index is 525. The van der Waals surface area contributed by atoms with Crippen LogP contribution in [0.2, 0.25) is 0 Å². The maximum atomic E-state index is 12.6. The van der Waals surface area contributed by atoms with Gasteiger partial charge in [-0.1, -0.05) is 22.9 Å². The lowest BCUT2D eigenvalue weighted by Crippen LogP contribution is -2.40. The number of hydrogen-bond acceptors (Lipinski definition) is 3. The summed E-state index contributed by atoms with van der Waals surface area (Å²) in [5.74, 6) is 0.411. The molecule has 1 aliphatic rings. The second-order valence-electron chi connectivity index (χ2n) is 5.12. The third-order valence-corrected chi connectivity index (χ3v) is 6.15. The molecule has 0 aliphatic carbocycles. The molecule has 1 fully saturated rings. The van der Waals surface area contributed by atoms with Gasteiger partial charge in [0.1, 0.15) is 0 Å². The van der Waals surface area contributed by atoms with Crippen molar-refractivity contribution < 1.29 is 8.42 Å². The molecule has 0 saturated carbocycles. The molecule has 1 aliphatic heterocycles. The molecule has 6 heteroatoms. The number of halogens is 1. The van der Waals surface area contributed by atoms with Gasteiger partial charge in [0.2, 0.25) is 10.0 Å². The van der Waals surface area contributed by atoms with Crippen LogP contribution in [0, 0.1) is 5.92 Å². The van der Waals surface area contributed by atoms with Gasteiger partial charge in [0.05, 0.1) is 4.90 Å². The van der Waals surface area contributed by atoms with E-state index in [1.807, 2.05) is 6.92 Å². The Balaban J connectivity index is 2.14. The summed E-state index contributed by atoms with van der Waals surface area (Å²) in [4.78, 5) is 0.367. The molecule has 2 rings (SSSR count). The predicted octanol–water partition coefficient (Wildman–Crippen LogP) is 2.46. The Morgan fingerprint density at radius 1 is 1.35 bits per heavy atom. The van der Waals surface area contributed by atoms with E-state index in [9.17, 15) is 8.42 Å². The number of piperidine rings is 1. The lowest BCUT2D eigenvalue weighted by molar-refractivity contribution is 0.298. The molecule has 1 unspecified atom stereocenters. The summed E-state index contributed by atoms with van der Waals surface area (Å²) in [6.45, 7) is 4.96. The molecular formula is C14H21BrN2O2S. The first-order chi connectivity index (χ1) is 9.54. The number of nitrogens with one attached hydrogen (secondary N) is 1. The van der Waals surface area contributed by atoms with Crippen LogP contribution in [-0.4, -0.2) is 38.9 Å². The minimum atomic E-state index is -3.38. The van der Waals surface area contributed by atoms with E-state index in [4.69, 9.17) is 0 Å². The van der Waals surface area contributed by atoms with Crippen LogP contribution in [0.15, 0.2) is 33.6 Å². The zero-order valence-electron chi connectivity index (χ0n) is 11.7. The predicted molar refractivity (Wildman–Crippen MR) is 84.2 cm³/mol. The molecule has 112 valence electrons. The minimum absolute atomic E-state index is 0.367. The second-order valence-corrected chi connectivity index (χ2v) is 7.98.